The van der Waals surface area contributed by atoms with Gasteiger partial charge in [0.2, 0.25) is 0 Å². The molecule has 0 aliphatic carbocycles. The predicted octanol–water partition coefficient (Wildman–Crippen LogP) is 1.87. The maximum atomic E-state index is 11.7. The second-order valence-electron chi connectivity index (χ2n) is 7.28. The molecule has 6 nitrogen and oxygen atoms in total. The lowest BCUT2D eigenvalue weighted by molar-refractivity contribution is -0.141. The summed E-state index contributed by atoms with van der Waals surface area (Å²) in [5.41, 5.74) is 1.13. The van der Waals surface area contributed by atoms with Gasteiger partial charge in [0.05, 0.1) is 20.3 Å². The third-order valence-electron chi connectivity index (χ3n) is 5.56. The number of nitrogens with zero attached hydrogens (tertiary/aromatic N) is 2. The molecule has 3 rings (SSSR count). The quantitative estimate of drug-likeness (QED) is 0.780. The van der Waals surface area contributed by atoms with Crippen LogP contribution in [0.5, 0.6) is 5.75 Å². The van der Waals surface area contributed by atoms with Crippen molar-refractivity contribution in [3.63, 3.8) is 0 Å². The molecule has 1 aromatic rings. The Morgan fingerprint density at radius 1 is 1.31 bits per heavy atom. The van der Waals surface area contributed by atoms with Crippen LogP contribution in [0.1, 0.15) is 24.8 Å². The molecule has 26 heavy (non-hydrogen) atoms. The van der Waals surface area contributed by atoms with E-state index < -0.39 is 0 Å². The molecule has 0 amide bonds. The number of esters is 1. The molecule has 0 bridgehead atoms. The molecular formula is C20H30N2O4. The van der Waals surface area contributed by atoms with Gasteiger partial charge in [0.25, 0.3) is 0 Å². The van der Waals surface area contributed by atoms with Gasteiger partial charge in [-0.25, -0.2) is 0 Å². The van der Waals surface area contributed by atoms with Crippen LogP contribution in [0.2, 0.25) is 0 Å². The zero-order chi connectivity index (χ0) is 18.4. The minimum Gasteiger partial charge on any atom is -0.508 e. The first kappa shape index (κ1) is 19.1. The van der Waals surface area contributed by atoms with E-state index in [0.717, 1.165) is 64.3 Å². The Balaban J connectivity index is 1.63. The smallest absolute Gasteiger partial charge is 0.305 e. The van der Waals surface area contributed by atoms with Crippen molar-refractivity contribution in [3.8, 4) is 5.75 Å². The minimum atomic E-state index is -0.129. The van der Waals surface area contributed by atoms with Crippen molar-refractivity contribution in [3.05, 3.63) is 29.8 Å². The summed E-state index contributed by atoms with van der Waals surface area (Å²) in [6, 6.07) is 7.98. The standard InChI is InChI=1S/C20H30N2O4/c1-25-20(24)6-5-17-15-21(14-16-3-2-4-18(23)13-16)8-7-19(17)22-9-11-26-12-10-22/h2-4,13,17,19,23H,5-12,14-15H2,1H3/t17-,19+/m1/s1. The number of carbonyl (C=O) groups excluding carboxylic acids is 1. The Kier molecular flexibility index (Phi) is 6.88. The number of aromatic hydroxyl groups is 1. The number of rotatable bonds is 6. The Morgan fingerprint density at radius 2 is 2.12 bits per heavy atom. The lowest BCUT2D eigenvalue weighted by atomic mass is 9.86. The van der Waals surface area contributed by atoms with Crippen LogP contribution in [0.15, 0.2) is 24.3 Å². The van der Waals surface area contributed by atoms with Gasteiger partial charge in [-0.2, -0.15) is 0 Å². The van der Waals surface area contributed by atoms with Crippen molar-refractivity contribution in [1.82, 2.24) is 9.80 Å². The molecule has 2 atom stereocenters. The second-order valence-corrected chi connectivity index (χ2v) is 7.28. The van der Waals surface area contributed by atoms with Crippen LogP contribution >= 0.6 is 0 Å². The van der Waals surface area contributed by atoms with Crippen molar-refractivity contribution in [2.45, 2.75) is 31.8 Å². The van der Waals surface area contributed by atoms with E-state index in [0.29, 0.717) is 24.1 Å². The second kappa shape index (κ2) is 9.35. The van der Waals surface area contributed by atoms with Crippen LogP contribution in [0.3, 0.4) is 0 Å². The fourth-order valence-electron chi connectivity index (χ4n) is 4.23. The molecule has 0 radical (unpaired) electrons. The van der Waals surface area contributed by atoms with E-state index in [-0.39, 0.29) is 5.97 Å². The number of phenolic OH excluding ortho intramolecular Hbond substituents is 1. The number of ether oxygens (including phenoxy) is 2. The van der Waals surface area contributed by atoms with E-state index >= 15 is 0 Å². The van der Waals surface area contributed by atoms with Gasteiger partial charge in [-0.3, -0.25) is 14.6 Å². The predicted molar refractivity (Wildman–Crippen MR) is 98.9 cm³/mol. The van der Waals surface area contributed by atoms with Gasteiger partial charge in [0.15, 0.2) is 0 Å². The molecule has 2 heterocycles. The molecule has 1 N–H and O–H groups in total. The monoisotopic (exact) mass is 362 g/mol. The number of likely N-dealkylation sites (tertiary alicyclic amines) is 1. The van der Waals surface area contributed by atoms with Gasteiger partial charge in [-0.15, -0.1) is 0 Å². The lowest BCUT2D eigenvalue weighted by Gasteiger charge is -2.45. The highest BCUT2D eigenvalue weighted by Crippen LogP contribution is 2.28. The van der Waals surface area contributed by atoms with Gasteiger partial charge in [-0.05, 0) is 43.0 Å². The van der Waals surface area contributed by atoms with E-state index in [1.807, 2.05) is 12.1 Å². The molecule has 2 saturated heterocycles. The van der Waals surface area contributed by atoms with Crippen molar-refractivity contribution in [2.75, 3.05) is 46.5 Å². The largest absolute Gasteiger partial charge is 0.508 e. The zero-order valence-corrected chi connectivity index (χ0v) is 15.6. The number of benzene rings is 1. The summed E-state index contributed by atoms with van der Waals surface area (Å²) in [6.07, 6.45) is 2.43. The van der Waals surface area contributed by atoms with Gasteiger partial charge in [-0.1, -0.05) is 12.1 Å². The molecular weight excluding hydrogens is 332 g/mol. The highest BCUT2D eigenvalue weighted by Gasteiger charge is 2.34. The Hall–Kier alpha value is -1.63. The van der Waals surface area contributed by atoms with E-state index in [9.17, 15) is 9.90 Å². The average molecular weight is 362 g/mol. The highest BCUT2D eigenvalue weighted by molar-refractivity contribution is 5.69. The Bertz CT molecular complexity index is 589. The van der Waals surface area contributed by atoms with E-state index in [1.165, 1.54) is 7.11 Å². The number of hydrogen-bond acceptors (Lipinski definition) is 6. The maximum Gasteiger partial charge on any atom is 0.305 e. The summed E-state index contributed by atoms with van der Waals surface area (Å²) >= 11 is 0. The molecule has 0 unspecified atom stereocenters. The molecule has 2 fully saturated rings. The Labute approximate surface area is 155 Å². The van der Waals surface area contributed by atoms with E-state index in [4.69, 9.17) is 9.47 Å². The summed E-state index contributed by atoms with van der Waals surface area (Å²) in [5.74, 6) is 0.627. The maximum absolute atomic E-state index is 11.7. The normalized spacial score (nSPS) is 25.1. The van der Waals surface area contributed by atoms with Crippen molar-refractivity contribution < 1.29 is 19.4 Å². The van der Waals surface area contributed by atoms with Crippen LogP contribution in [0.4, 0.5) is 0 Å². The van der Waals surface area contributed by atoms with Crippen molar-refractivity contribution >= 4 is 5.97 Å². The summed E-state index contributed by atoms with van der Waals surface area (Å²) in [5, 5.41) is 9.69. The van der Waals surface area contributed by atoms with Gasteiger partial charge in [0.1, 0.15) is 5.75 Å². The first-order valence-corrected chi connectivity index (χ1v) is 9.54. The first-order chi connectivity index (χ1) is 12.7. The molecule has 144 valence electrons. The average Bonchev–Trinajstić information content (AvgIpc) is 2.67. The molecule has 1 aromatic carbocycles. The van der Waals surface area contributed by atoms with Crippen LogP contribution < -0.4 is 0 Å². The number of hydrogen-bond donors (Lipinski definition) is 1. The minimum absolute atomic E-state index is 0.129. The van der Waals surface area contributed by atoms with Gasteiger partial charge in [0, 0.05) is 38.6 Å². The van der Waals surface area contributed by atoms with Crippen LogP contribution in [-0.4, -0.2) is 73.4 Å². The summed E-state index contributed by atoms with van der Waals surface area (Å²) in [7, 11) is 1.46. The summed E-state index contributed by atoms with van der Waals surface area (Å²) in [4.78, 5) is 16.6. The number of carbonyl (C=O) groups is 1. The van der Waals surface area contributed by atoms with Crippen LogP contribution in [0, 0.1) is 5.92 Å². The van der Waals surface area contributed by atoms with Crippen LogP contribution in [-0.2, 0) is 20.8 Å². The fraction of sp³-hybridized carbons (Fsp3) is 0.650. The van der Waals surface area contributed by atoms with Crippen molar-refractivity contribution in [1.29, 1.82) is 0 Å². The summed E-state index contributed by atoms with van der Waals surface area (Å²) in [6.45, 7) is 6.39. The van der Waals surface area contributed by atoms with E-state index in [2.05, 4.69) is 15.9 Å². The molecule has 0 saturated carbocycles. The SMILES string of the molecule is COC(=O)CC[C@@H]1CN(Cc2cccc(O)c2)CC[C@@H]1N1CCOCC1. The topological polar surface area (TPSA) is 62.2 Å². The zero-order valence-electron chi connectivity index (χ0n) is 15.6. The first-order valence-electron chi connectivity index (χ1n) is 9.54. The number of methoxy groups -OCH3 is 1. The van der Waals surface area contributed by atoms with Gasteiger partial charge >= 0.3 is 5.97 Å². The van der Waals surface area contributed by atoms with Gasteiger partial charge < -0.3 is 14.6 Å². The third kappa shape index (κ3) is 5.19. The number of morpholine rings is 1. The fourth-order valence-corrected chi connectivity index (χ4v) is 4.23. The molecule has 6 heteroatoms. The summed E-state index contributed by atoms with van der Waals surface area (Å²) < 4.78 is 10.3. The third-order valence-corrected chi connectivity index (χ3v) is 5.56. The molecule has 2 aliphatic rings. The van der Waals surface area contributed by atoms with Crippen molar-refractivity contribution in [2.24, 2.45) is 5.92 Å². The number of phenols is 1. The Morgan fingerprint density at radius 3 is 2.85 bits per heavy atom. The lowest BCUT2D eigenvalue weighted by Crippen LogP contribution is -2.53. The number of piperidine rings is 1. The van der Waals surface area contributed by atoms with E-state index in [1.54, 1.807) is 6.07 Å². The highest BCUT2D eigenvalue weighted by atomic mass is 16.5. The molecule has 0 spiro atoms. The molecule has 0 aromatic heterocycles. The molecule has 2 aliphatic heterocycles. The van der Waals surface area contributed by atoms with Crippen LogP contribution in [0.25, 0.3) is 0 Å².